The van der Waals surface area contributed by atoms with E-state index in [0.29, 0.717) is 12.1 Å². The summed E-state index contributed by atoms with van der Waals surface area (Å²) in [5.41, 5.74) is 5.53. The van der Waals surface area contributed by atoms with Gasteiger partial charge in [0.05, 0.1) is 6.20 Å². The topological polar surface area (TPSA) is 46.1 Å². The monoisotopic (exact) mass is 333 g/mol. The van der Waals surface area contributed by atoms with Gasteiger partial charge in [-0.05, 0) is 41.8 Å². The van der Waals surface area contributed by atoms with E-state index >= 15 is 0 Å². The van der Waals surface area contributed by atoms with E-state index in [1.54, 1.807) is 18.1 Å². The minimum absolute atomic E-state index is 0.203. The second-order valence-corrected chi connectivity index (χ2v) is 6.22. The van der Waals surface area contributed by atoms with Gasteiger partial charge >= 0.3 is 0 Å². The number of benzene rings is 1. The van der Waals surface area contributed by atoms with Gasteiger partial charge in [-0.1, -0.05) is 18.2 Å². The molecular weight excluding hydrogens is 317 g/mol. The molecule has 124 valence electrons. The van der Waals surface area contributed by atoms with Crippen molar-refractivity contribution in [3.05, 3.63) is 71.6 Å². The van der Waals surface area contributed by atoms with Gasteiger partial charge in [0.15, 0.2) is 0 Å². The van der Waals surface area contributed by atoms with Crippen LogP contribution in [0.4, 0.5) is 4.39 Å². The van der Waals surface area contributed by atoms with Crippen LogP contribution in [-0.4, -0.2) is 27.8 Å². The number of pyridine rings is 2. The maximum absolute atomic E-state index is 13.8. The highest BCUT2D eigenvalue weighted by Gasteiger charge is 2.25. The van der Waals surface area contributed by atoms with Crippen molar-refractivity contribution < 1.29 is 9.18 Å². The molecule has 0 spiro atoms. The molecule has 1 aliphatic heterocycles. The van der Waals surface area contributed by atoms with Gasteiger partial charge in [-0.15, -0.1) is 0 Å². The van der Waals surface area contributed by atoms with Crippen LogP contribution < -0.4 is 0 Å². The molecule has 0 aliphatic carbocycles. The Bertz CT molecular complexity index is 1000. The molecule has 0 fully saturated rings. The number of halogens is 1. The van der Waals surface area contributed by atoms with Crippen LogP contribution in [0.15, 0.2) is 48.8 Å². The number of aryl methyl sites for hydroxylation is 1. The molecule has 0 atom stereocenters. The van der Waals surface area contributed by atoms with E-state index in [-0.39, 0.29) is 11.6 Å². The Labute approximate surface area is 145 Å². The van der Waals surface area contributed by atoms with E-state index < -0.39 is 5.82 Å². The van der Waals surface area contributed by atoms with Crippen molar-refractivity contribution in [2.75, 3.05) is 7.05 Å². The summed E-state index contributed by atoms with van der Waals surface area (Å²) >= 11 is 0. The molecule has 1 aromatic carbocycles. The largest absolute Gasteiger partial charge is 0.336 e. The molecule has 0 saturated carbocycles. The van der Waals surface area contributed by atoms with Crippen molar-refractivity contribution in [1.29, 1.82) is 0 Å². The molecule has 0 bridgehead atoms. The SMILES string of the molecule is Cc1ncccc1-c1ccc2c(c1)-c1cc(F)cnc1C(=O)N(C)C2. The van der Waals surface area contributed by atoms with Crippen LogP contribution >= 0.6 is 0 Å². The number of hydrogen-bond donors (Lipinski definition) is 0. The highest BCUT2D eigenvalue weighted by molar-refractivity contribution is 6.00. The number of rotatable bonds is 1. The van der Waals surface area contributed by atoms with Crippen molar-refractivity contribution in [1.82, 2.24) is 14.9 Å². The molecule has 25 heavy (non-hydrogen) atoms. The molecule has 0 unspecified atom stereocenters. The average Bonchev–Trinajstić information content (AvgIpc) is 2.71. The molecule has 2 aromatic heterocycles. The summed E-state index contributed by atoms with van der Waals surface area (Å²) in [6.07, 6.45) is 2.84. The number of aromatic nitrogens is 2. The van der Waals surface area contributed by atoms with Crippen molar-refractivity contribution >= 4 is 5.91 Å². The first-order chi connectivity index (χ1) is 12.0. The van der Waals surface area contributed by atoms with Crippen LogP contribution in [0.1, 0.15) is 21.7 Å². The van der Waals surface area contributed by atoms with Gasteiger partial charge < -0.3 is 4.90 Å². The quantitative estimate of drug-likeness (QED) is 0.680. The molecule has 3 heterocycles. The number of fused-ring (bicyclic) bond motifs is 3. The van der Waals surface area contributed by atoms with E-state index in [2.05, 4.69) is 9.97 Å². The fraction of sp³-hybridized carbons (Fsp3) is 0.150. The maximum Gasteiger partial charge on any atom is 0.273 e. The van der Waals surface area contributed by atoms with Gasteiger partial charge in [0.25, 0.3) is 5.91 Å². The normalized spacial score (nSPS) is 13.2. The molecule has 3 aromatic rings. The highest BCUT2D eigenvalue weighted by Crippen LogP contribution is 2.35. The Morgan fingerprint density at radius 1 is 1.08 bits per heavy atom. The van der Waals surface area contributed by atoms with Gasteiger partial charge in [-0.2, -0.15) is 0 Å². The molecule has 0 saturated heterocycles. The third-order valence-electron chi connectivity index (χ3n) is 4.53. The van der Waals surface area contributed by atoms with Crippen molar-refractivity contribution in [3.63, 3.8) is 0 Å². The number of carbonyl (C=O) groups is 1. The summed E-state index contributed by atoms with van der Waals surface area (Å²) in [7, 11) is 1.73. The summed E-state index contributed by atoms with van der Waals surface area (Å²) in [4.78, 5) is 22.5. The smallest absolute Gasteiger partial charge is 0.273 e. The second kappa shape index (κ2) is 5.77. The van der Waals surface area contributed by atoms with Crippen LogP contribution in [0.5, 0.6) is 0 Å². The molecule has 4 nitrogen and oxygen atoms in total. The van der Waals surface area contributed by atoms with E-state index in [1.165, 1.54) is 6.07 Å². The maximum atomic E-state index is 13.8. The fourth-order valence-corrected chi connectivity index (χ4v) is 3.25. The highest BCUT2D eigenvalue weighted by atomic mass is 19.1. The van der Waals surface area contributed by atoms with Crippen LogP contribution in [0.2, 0.25) is 0 Å². The minimum Gasteiger partial charge on any atom is -0.336 e. The molecule has 5 heteroatoms. The zero-order valence-electron chi connectivity index (χ0n) is 14.0. The van der Waals surface area contributed by atoms with E-state index in [9.17, 15) is 9.18 Å². The molecular formula is C20H16FN3O. The zero-order valence-corrected chi connectivity index (χ0v) is 14.0. The lowest BCUT2D eigenvalue weighted by molar-refractivity contribution is 0.0783. The Morgan fingerprint density at radius 2 is 1.92 bits per heavy atom. The van der Waals surface area contributed by atoms with Crippen LogP contribution in [0.25, 0.3) is 22.3 Å². The third-order valence-corrected chi connectivity index (χ3v) is 4.53. The Balaban J connectivity index is 1.98. The van der Waals surface area contributed by atoms with Crippen LogP contribution in [-0.2, 0) is 6.54 Å². The van der Waals surface area contributed by atoms with E-state index in [4.69, 9.17) is 0 Å². The number of amides is 1. The lowest BCUT2D eigenvalue weighted by Gasteiger charge is -2.15. The van der Waals surface area contributed by atoms with E-state index in [1.807, 2.05) is 37.3 Å². The van der Waals surface area contributed by atoms with E-state index in [0.717, 1.165) is 34.1 Å². The molecule has 0 N–H and O–H groups in total. The summed E-state index contributed by atoms with van der Waals surface area (Å²) < 4.78 is 13.8. The molecule has 1 aliphatic rings. The number of carbonyl (C=O) groups excluding carboxylic acids is 1. The fourth-order valence-electron chi connectivity index (χ4n) is 3.25. The van der Waals surface area contributed by atoms with Gasteiger partial charge in [-0.3, -0.25) is 9.78 Å². The van der Waals surface area contributed by atoms with Crippen molar-refractivity contribution in [3.8, 4) is 22.3 Å². The van der Waals surface area contributed by atoms with Gasteiger partial charge in [0, 0.05) is 36.6 Å². The minimum atomic E-state index is -0.454. The van der Waals surface area contributed by atoms with Crippen molar-refractivity contribution in [2.45, 2.75) is 13.5 Å². The number of nitrogens with zero attached hydrogens (tertiary/aromatic N) is 3. The Kier molecular flexibility index (Phi) is 3.57. The predicted octanol–water partition coefficient (Wildman–Crippen LogP) is 3.84. The molecule has 4 rings (SSSR count). The summed E-state index contributed by atoms with van der Waals surface area (Å²) in [5.74, 6) is -0.657. The second-order valence-electron chi connectivity index (χ2n) is 6.22. The summed E-state index contributed by atoms with van der Waals surface area (Å²) in [6.45, 7) is 2.41. The first-order valence-electron chi connectivity index (χ1n) is 8.01. The molecule has 1 amide bonds. The summed E-state index contributed by atoms with van der Waals surface area (Å²) in [5, 5.41) is 0. The average molecular weight is 333 g/mol. The summed E-state index contributed by atoms with van der Waals surface area (Å²) in [6, 6.07) is 11.3. The van der Waals surface area contributed by atoms with Gasteiger partial charge in [-0.25, -0.2) is 9.37 Å². The first kappa shape index (κ1) is 15.4. The van der Waals surface area contributed by atoms with Gasteiger partial charge in [0.1, 0.15) is 11.5 Å². The zero-order chi connectivity index (χ0) is 17.6. The van der Waals surface area contributed by atoms with Gasteiger partial charge in [0.2, 0.25) is 0 Å². The van der Waals surface area contributed by atoms with Crippen molar-refractivity contribution in [2.24, 2.45) is 0 Å². The Morgan fingerprint density at radius 3 is 2.72 bits per heavy atom. The lowest BCUT2D eigenvalue weighted by Crippen LogP contribution is -2.25. The lowest BCUT2D eigenvalue weighted by atomic mass is 9.94. The molecule has 0 radical (unpaired) electrons. The Hall–Kier alpha value is -3.08. The third kappa shape index (κ3) is 2.58. The van der Waals surface area contributed by atoms with Crippen LogP contribution in [0.3, 0.4) is 0 Å². The van der Waals surface area contributed by atoms with Crippen LogP contribution in [0, 0.1) is 12.7 Å². The predicted molar refractivity (Wildman–Crippen MR) is 93.4 cm³/mol. The standard InChI is InChI=1S/C20H16FN3O/c1-12-16(4-3-7-22-12)13-5-6-14-11-24(2)20(25)19-18(17(14)8-13)9-15(21)10-23-19/h3-10H,11H2,1-2H3. The number of hydrogen-bond acceptors (Lipinski definition) is 3. The first-order valence-corrected chi connectivity index (χ1v) is 8.01.